The van der Waals surface area contributed by atoms with E-state index >= 15 is 0 Å². The third kappa shape index (κ3) is 4.49. The molecule has 120 valence electrons. The molecule has 0 saturated heterocycles. The summed E-state index contributed by atoms with van der Waals surface area (Å²) in [4.78, 5) is 12.9. The van der Waals surface area contributed by atoms with E-state index < -0.39 is 0 Å². The third-order valence-electron chi connectivity index (χ3n) is 3.63. The molecular formula is C21H19NOS. The Bertz CT molecular complexity index is 760. The van der Waals surface area contributed by atoms with Crippen molar-refractivity contribution in [3.05, 3.63) is 102 Å². The van der Waals surface area contributed by atoms with Crippen LogP contribution in [0.2, 0.25) is 0 Å². The second kappa shape index (κ2) is 8.37. The average molecular weight is 333 g/mol. The molecule has 0 amide bonds. The zero-order valence-corrected chi connectivity index (χ0v) is 14.1. The highest BCUT2D eigenvalue weighted by Crippen LogP contribution is 2.23. The van der Waals surface area contributed by atoms with E-state index in [1.54, 1.807) is 11.8 Å². The summed E-state index contributed by atoms with van der Waals surface area (Å²) in [5.41, 5.74) is 2.89. The van der Waals surface area contributed by atoms with Gasteiger partial charge in [-0.3, -0.25) is 4.79 Å². The van der Waals surface area contributed by atoms with Crippen molar-refractivity contribution < 1.29 is 4.79 Å². The molecule has 0 radical (unpaired) electrons. The van der Waals surface area contributed by atoms with Crippen LogP contribution in [0.4, 0.5) is 5.69 Å². The van der Waals surface area contributed by atoms with Gasteiger partial charge >= 0.3 is 0 Å². The Kier molecular flexibility index (Phi) is 5.70. The molecule has 0 aliphatic heterocycles. The van der Waals surface area contributed by atoms with Gasteiger partial charge in [0.2, 0.25) is 0 Å². The molecular weight excluding hydrogens is 314 g/mol. The normalized spacial score (nSPS) is 11.7. The fraction of sp³-hybridized carbons (Fsp3) is 0.0952. The van der Waals surface area contributed by atoms with E-state index in [-0.39, 0.29) is 11.2 Å². The summed E-state index contributed by atoms with van der Waals surface area (Å²) in [6.07, 6.45) is 0. The number of hydrogen-bond acceptors (Lipinski definition) is 3. The zero-order chi connectivity index (χ0) is 16.6. The SMILES string of the molecule is O=C(c1ccccc1)C(Nc1ccccc1)SCc1ccccc1. The molecule has 0 fully saturated rings. The van der Waals surface area contributed by atoms with Crippen LogP contribution in [0.5, 0.6) is 0 Å². The first-order valence-electron chi connectivity index (χ1n) is 7.89. The Labute approximate surface area is 146 Å². The maximum atomic E-state index is 12.9. The van der Waals surface area contributed by atoms with Crippen LogP contribution in [0, 0.1) is 0 Å². The lowest BCUT2D eigenvalue weighted by Gasteiger charge is -2.18. The van der Waals surface area contributed by atoms with Crippen LogP contribution in [0.15, 0.2) is 91.0 Å². The van der Waals surface area contributed by atoms with E-state index in [4.69, 9.17) is 0 Å². The highest BCUT2D eigenvalue weighted by Gasteiger charge is 2.20. The summed E-state index contributed by atoms with van der Waals surface area (Å²) in [5.74, 6) is 0.879. The van der Waals surface area contributed by atoms with E-state index in [0.717, 1.165) is 17.0 Å². The molecule has 1 N–H and O–H groups in total. The second-order valence-electron chi connectivity index (χ2n) is 5.42. The van der Waals surface area contributed by atoms with Gasteiger partial charge in [-0.2, -0.15) is 0 Å². The molecule has 0 saturated carbocycles. The highest BCUT2D eigenvalue weighted by molar-refractivity contribution is 8.00. The summed E-state index contributed by atoms with van der Waals surface area (Å²) in [7, 11) is 0. The molecule has 24 heavy (non-hydrogen) atoms. The second-order valence-corrected chi connectivity index (χ2v) is 6.51. The average Bonchev–Trinajstić information content (AvgIpc) is 2.67. The van der Waals surface area contributed by atoms with Gasteiger partial charge in [0.05, 0.1) is 0 Å². The van der Waals surface area contributed by atoms with Crippen molar-refractivity contribution in [1.82, 2.24) is 0 Å². The number of ketones is 1. The lowest BCUT2D eigenvalue weighted by molar-refractivity contribution is 0.0996. The van der Waals surface area contributed by atoms with Gasteiger partial charge in [-0.05, 0) is 17.7 Å². The maximum Gasteiger partial charge on any atom is 0.195 e. The van der Waals surface area contributed by atoms with Gasteiger partial charge in [0, 0.05) is 17.0 Å². The van der Waals surface area contributed by atoms with Gasteiger partial charge in [-0.15, -0.1) is 11.8 Å². The topological polar surface area (TPSA) is 29.1 Å². The number of rotatable bonds is 7. The van der Waals surface area contributed by atoms with Crippen molar-refractivity contribution in [2.75, 3.05) is 5.32 Å². The number of anilines is 1. The number of benzene rings is 3. The molecule has 0 spiro atoms. The zero-order valence-electron chi connectivity index (χ0n) is 13.3. The third-order valence-corrected chi connectivity index (χ3v) is 4.79. The van der Waals surface area contributed by atoms with Gasteiger partial charge in [-0.25, -0.2) is 0 Å². The standard InChI is InChI=1S/C21H19NOS/c23-20(18-12-6-2-7-13-18)21(22-19-14-8-3-9-15-19)24-16-17-10-4-1-5-11-17/h1-15,21-22H,16H2. The molecule has 0 heterocycles. The van der Waals surface area contributed by atoms with Crippen LogP contribution < -0.4 is 5.32 Å². The first-order chi connectivity index (χ1) is 11.8. The molecule has 3 rings (SSSR count). The minimum atomic E-state index is -0.324. The van der Waals surface area contributed by atoms with E-state index in [9.17, 15) is 4.79 Å². The molecule has 0 aromatic heterocycles. The van der Waals surface area contributed by atoms with E-state index in [2.05, 4.69) is 17.4 Å². The van der Waals surface area contributed by atoms with Crippen LogP contribution in [0.3, 0.4) is 0 Å². The minimum absolute atomic E-state index is 0.0976. The summed E-state index contributed by atoms with van der Waals surface area (Å²) >= 11 is 1.61. The number of thioether (sulfide) groups is 1. The Balaban J connectivity index is 1.76. The van der Waals surface area contributed by atoms with Gasteiger partial charge in [0.25, 0.3) is 0 Å². The van der Waals surface area contributed by atoms with Crippen LogP contribution in [-0.4, -0.2) is 11.2 Å². The number of carbonyl (C=O) groups excluding carboxylic acids is 1. The minimum Gasteiger partial charge on any atom is -0.367 e. The maximum absolute atomic E-state index is 12.9. The van der Waals surface area contributed by atoms with Crippen molar-refractivity contribution in [2.24, 2.45) is 0 Å². The van der Waals surface area contributed by atoms with E-state index in [1.165, 1.54) is 5.56 Å². The Hall–Kier alpha value is -2.52. The van der Waals surface area contributed by atoms with Crippen LogP contribution >= 0.6 is 11.8 Å². The summed E-state index contributed by atoms with van der Waals surface area (Å²) < 4.78 is 0. The molecule has 3 heteroatoms. The molecule has 0 aliphatic rings. The lowest BCUT2D eigenvalue weighted by Crippen LogP contribution is -2.26. The Morgan fingerprint density at radius 3 is 1.96 bits per heavy atom. The molecule has 0 bridgehead atoms. The molecule has 3 aromatic carbocycles. The van der Waals surface area contributed by atoms with Crippen molar-refractivity contribution in [1.29, 1.82) is 0 Å². The van der Waals surface area contributed by atoms with Crippen molar-refractivity contribution in [3.63, 3.8) is 0 Å². The Morgan fingerprint density at radius 2 is 1.33 bits per heavy atom. The first kappa shape index (κ1) is 16.3. The first-order valence-corrected chi connectivity index (χ1v) is 8.94. The highest BCUT2D eigenvalue weighted by atomic mass is 32.2. The number of para-hydroxylation sites is 1. The Morgan fingerprint density at radius 1 is 0.792 bits per heavy atom. The molecule has 1 unspecified atom stereocenters. The summed E-state index contributed by atoms with van der Waals surface area (Å²) in [5, 5.41) is 3.04. The van der Waals surface area contributed by atoms with Crippen molar-refractivity contribution in [3.8, 4) is 0 Å². The van der Waals surface area contributed by atoms with Gasteiger partial charge in [0.15, 0.2) is 5.78 Å². The van der Waals surface area contributed by atoms with Crippen molar-refractivity contribution in [2.45, 2.75) is 11.1 Å². The van der Waals surface area contributed by atoms with Crippen LogP contribution in [0.1, 0.15) is 15.9 Å². The fourth-order valence-corrected chi connectivity index (χ4v) is 3.43. The van der Waals surface area contributed by atoms with Gasteiger partial charge in [-0.1, -0.05) is 78.9 Å². The van der Waals surface area contributed by atoms with E-state index in [0.29, 0.717) is 0 Å². The van der Waals surface area contributed by atoms with Gasteiger partial charge < -0.3 is 5.32 Å². The van der Waals surface area contributed by atoms with Gasteiger partial charge in [0.1, 0.15) is 5.37 Å². The number of Topliss-reactive ketones (excluding diaryl/α,β-unsaturated/α-hetero) is 1. The lowest BCUT2D eigenvalue weighted by atomic mass is 10.1. The number of hydrogen-bond donors (Lipinski definition) is 1. The molecule has 3 aromatic rings. The molecule has 2 nitrogen and oxygen atoms in total. The van der Waals surface area contributed by atoms with Crippen LogP contribution in [-0.2, 0) is 5.75 Å². The van der Waals surface area contributed by atoms with Crippen LogP contribution in [0.25, 0.3) is 0 Å². The number of nitrogens with one attached hydrogen (secondary N) is 1. The predicted molar refractivity (Wildman–Crippen MR) is 102 cm³/mol. The summed E-state index contributed by atoms with van der Waals surface area (Å²) in [6.45, 7) is 0. The molecule has 1 atom stereocenters. The van der Waals surface area contributed by atoms with E-state index in [1.807, 2.05) is 78.9 Å². The summed E-state index contributed by atoms with van der Waals surface area (Å²) in [6, 6.07) is 29.5. The number of carbonyl (C=O) groups is 1. The quantitative estimate of drug-likeness (QED) is 0.473. The molecule has 0 aliphatic carbocycles. The van der Waals surface area contributed by atoms with Crippen molar-refractivity contribution >= 4 is 23.2 Å². The monoisotopic (exact) mass is 333 g/mol. The predicted octanol–water partition coefficient (Wildman–Crippen LogP) is 5.24. The largest absolute Gasteiger partial charge is 0.367 e. The fourth-order valence-electron chi connectivity index (χ4n) is 2.38. The smallest absolute Gasteiger partial charge is 0.195 e.